The van der Waals surface area contributed by atoms with E-state index in [2.05, 4.69) is 15.0 Å². The Bertz CT molecular complexity index is 1030. The summed E-state index contributed by atoms with van der Waals surface area (Å²) in [5.41, 5.74) is 2.57. The van der Waals surface area contributed by atoms with Crippen LogP contribution in [0.1, 0.15) is 10.4 Å². The lowest BCUT2D eigenvalue weighted by molar-refractivity contribution is 0.0699. The van der Waals surface area contributed by atoms with E-state index in [1.165, 1.54) is 6.07 Å². The molecule has 2 aromatic heterocycles. The number of benzene rings is 2. The van der Waals surface area contributed by atoms with Gasteiger partial charge in [0.25, 0.3) is 0 Å². The highest BCUT2D eigenvalue weighted by atomic mass is 16.4. The van der Waals surface area contributed by atoms with Gasteiger partial charge in [0.15, 0.2) is 0 Å². The summed E-state index contributed by atoms with van der Waals surface area (Å²) in [6.07, 6.45) is 3.44. The van der Waals surface area contributed by atoms with Gasteiger partial charge in [-0.05, 0) is 24.3 Å². The minimum atomic E-state index is -1.00. The lowest BCUT2D eigenvalue weighted by atomic mass is 10.1. The predicted octanol–water partition coefficient (Wildman–Crippen LogP) is 3.03. The van der Waals surface area contributed by atoms with E-state index in [0.29, 0.717) is 16.6 Å². The molecule has 4 rings (SSSR count). The molecule has 0 spiro atoms. The van der Waals surface area contributed by atoms with E-state index in [1.807, 2.05) is 18.2 Å². The summed E-state index contributed by atoms with van der Waals surface area (Å²) >= 11 is 0. The fourth-order valence-electron chi connectivity index (χ4n) is 2.50. The van der Waals surface area contributed by atoms with Crippen molar-refractivity contribution in [2.24, 2.45) is 0 Å². The molecule has 0 aliphatic rings. The minimum Gasteiger partial charge on any atom is -0.478 e. The number of aromatic nitrogens is 3. The van der Waals surface area contributed by atoms with Crippen molar-refractivity contribution in [2.75, 3.05) is 0 Å². The summed E-state index contributed by atoms with van der Waals surface area (Å²) in [7, 11) is 0. The van der Waals surface area contributed by atoms with E-state index in [9.17, 15) is 9.90 Å². The number of rotatable bonds is 1. The number of para-hydroxylation sites is 1. The molecule has 0 bridgehead atoms. The van der Waals surface area contributed by atoms with Crippen LogP contribution in [0.4, 0.5) is 0 Å². The van der Waals surface area contributed by atoms with Gasteiger partial charge in [-0.1, -0.05) is 12.1 Å². The molecule has 0 atom stereocenters. The van der Waals surface area contributed by atoms with E-state index in [0.717, 1.165) is 16.3 Å². The van der Waals surface area contributed by atoms with Crippen LogP contribution in [-0.2, 0) is 0 Å². The maximum atomic E-state index is 11.3. The van der Waals surface area contributed by atoms with Crippen molar-refractivity contribution in [3.8, 4) is 0 Å². The summed E-state index contributed by atoms with van der Waals surface area (Å²) in [4.78, 5) is 24.5. The van der Waals surface area contributed by atoms with Crippen molar-refractivity contribution in [2.45, 2.75) is 0 Å². The molecule has 0 saturated carbocycles. The maximum Gasteiger partial charge on any atom is 0.337 e. The van der Waals surface area contributed by atoms with Gasteiger partial charge in [0.1, 0.15) is 5.52 Å². The Morgan fingerprint density at radius 2 is 1.81 bits per heavy atom. The van der Waals surface area contributed by atoms with Crippen LogP contribution in [0.15, 0.2) is 48.8 Å². The third kappa shape index (κ3) is 1.71. The van der Waals surface area contributed by atoms with Crippen LogP contribution in [0.2, 0.25) is 0 Å². The molecular formula is C16H9N3O2. The highest BCUT2D eigenvalue weighted by molar-refractivity contribution is 6.08. The van der Waals surface area contributed by atoms with Gasteiger partial charge in [-0.25, -0.2) is 14.8 Å². The van der Waals surface area contributed by atoms with E-state index in [-0.39, 0.29) is 5.56 Å². The van der Waals surface area contributed by atoms with Gasteiger partial charge in [0.2, 0.25) is 0 Å². The monoisotopic (exact) mass is 275 g/mol. The zero-order chi connectivity index (χ0) is 14.4. The third-order valence-electron chi connectivity index (χ3n) is 3.48. The Labute approximate surface area is 118 Å². The van der Waals surface area contributed by atoms with E-state index in [4.69, 9.17) is 0 Å². The van der Waals surface area contributed by atoms with Crippen molar-refractivity contribution < 1.29 is 9.90 Å². The fourth-order valence-corrected chi connectivity index (χ4v) is 2.50. The predicted molar refractivity (Wildman–Crippen MR) is 79.3 cm³/mol. The summed E-state index contributed by atoms with van der Waals surface area (Å²) in [5, 5.41) is 11.2. The number of hydrogen-bond donors (Lipinski definition) is 1. The first-order valence-electron chi connectivity index (χ1n) is 6.40. The number of carboxylic acids is 1. The number of carbonyl (C=O) groups is 1. The molecule has 2 heterocycles. The van der Waals surface area contributed by atoms with Crippen molar-refractivity contribution >= 4 is 38.8 Å². The molecule has 5 nitrogen and oxygen atoms in total. The summed E-state index contributed by atoms with van der Waals surface area (Å²) in [6, 6.07) is 10.7. The first-order valence-corrected chi connectivity index (χ1v) is 6.40. The lowest BCUT2D eigenvalue weighted by Gasteiger charge is -2.06. The van der Waals surface area contributed by atoms with Crippen LogP contribution in [0.25, 0.3) is 32.8 Å². The molecule has 100 valence electrons. The Kier molecular flexibility index (Phi) is 2.35. The second-order valence-corrected chi connectivity index (χ2v) is 4.73. The minimum absolute atomic E-state index is 0.160. The smallest absolute Gasteiger partial charge is 0.337 e. The number of nitrogens with zero attached hydrogens (tertiary/aromatic N) is 3. The zero-order valence-corrected chi connectivity index (χ0v) is 10.8. The van der Waals surface area contributed by atoms with Crippen LogP contribution in [0, 0.1) is 0 Å². The van der Waals surface area contributed by atoms with E-state index < -0.39 is 5.97 Å². The van der Waals surface area contributed by atoms with Crippen LogP contribution >= 0.6 is 0 Å². The molecule has 0 saturated heterocycles. The molecule has 0 fully saturated rings. The molecule has 1 N–H and O–H groups in total. The number of carboxylic acid groups (broad SMARTS) is 1. The Balaban J connectivity index is 2.23. The van der Waals surface area contributed by atoms with Crippen molar-refractivity contribution in [3.05, 3.63) is 54.4 Å². The molecule has 4 aromatic rings. The molecule has 0 radical (unpaired) electrons. The van der Waals surface area contributed by atoms with Gasteiger partial charge >= 0.3 is 5.97 Å². The van der Waals surface area contributed by atoms with Gasteiger partial charge < -0.3 is 5.11 Å². The van der Waals surface area contributed by atoms with E-state index in [1.54, 1.807) is 24.5 Å². The quantitative estimate of drug-likeness (QED) is 0.427. The standard InChI is InChI=1S/C16H9N3O2/c20-16(21)11-2-1-3-12-15(11)19-14-10-6-7-17-8-9(10)4-5-13(14)18-12/h1-8H,(H,20,21). The SMILES string of the molecule is O=C(O)c1cccc2nc3ccc4cnccc4c3nc12. The van der Waals surface area contributed by atoms with Crippen LogP contribution in [0.3, 0.4) is 0 Å². The highest BCUT2D eigenvalue weighted by Gasteiger charge is 2.12. The second kappa shape index (κ2) is 4.21. The first-order chi connectivity index (χ1) is 10.2. The number of aromatic carboxylic acids is 1. The molecule has 21 heavy (non-hydrogen) atoms. The average Bonchev–Trinajstić information content (AvgIpc) is 2.52. The molecule has 2 aromatic carbocycles. The summed E-state index contributed by atoms with van der Waals surface area (Å²) < 4.78 is 0. The summed E-state index contributed by atoms with van der Waals surface area (Å²) in [5.74, 6) is -1.00. The molecular weight excluding hydrogens is 266 g/mol. The summed E-state index contributed by atoms with van der Waals surface area (Å²) in [6.45, 7) is 0. The fraction of sp³-hybridized carbons (Fsp3) is 0. The normalized spacial score (nSPS) is 11.2. The highest BCUT2D eigenvalue weighted by Crippen LogP contribution is 2.25. The lowest BCUT2D eigenvalue weighted by Crippen LogP contribution is -2.00. The van der Waals surface area contributed by atoms with Crippen LogP contribution < -0.4 is 0 Å². The Morgan fingerprint density at radius 1 is 0.952 bits per heavy atom. The Morgan fingerprint density at radius 3 is 2.67 bits per heavy atom. The number of fused-ring (bicyclic) bond motifs is 4. The first kappa shape index (κ1) is 11.7. The van der Waals surface area contributed by atoms with Crippen molar-refractivity contribution in [1.82, 2.24) is 15.0 Å². The molecule has 0 aliphatic carbocycles. The zero-order valence-electron chi connectivity index (χ0n) is 10.8. The van der Waals surface area contributed by atoms with Crippen molar-refractivity contribution in [3.63, 3.8) is 0 Å². The molecule has 0 unspecified atom stereocenters. The van der Waals surface area contributed by atoms with Crippen molar-refractivity contribution in [1.29, 1.82) is 0 Å². The van der Waals surface area contributed by atoms with Gasteiger partial charge in [0, 0.05) is 23.2 Å². The molecule has 0 aliphatic heterocycles. The molecule has 5 heteroatoms. The van der Waals surface area contributed by atoms with Gasteiger partial charge in [0.05, 0.1) is 22.1 Å². The third-order valence-corrected chi connectivity index (χ3v) is 3.48. The topological polar surface area (TPSA) is 76.0 Å². The number of hydrogen-bond acceptors (Lipinski definition) is 4. The Hall–Kier alpha value is -3.08. The number of pyridine rings is 1. The van der Waals surface area contributed by atoms with Crippen LogP contribution in [-0.4, -0.2) is 26.0 Å². The van der Waals surface area contributed by atoms with Gasteiger partial charge in [-0.15, -0.1) is 0 Å². The average molecular weight is 275 g/mol. The van der Waals surface area contributed by atoms with E-state index >= 15 is 0 Å². The largest absolute Gasteiger partial charge is 0.478 e. The van der Waals surface area contributed by atoms with Crippen LogP contribution in [0.5, 0.6) is 0 Å². The van der Waals surface area contributed by atoms with Gasteiger partial charge in [-0.2, -0.15) is 0 Å². The second-order valence-electron chi connectivity index (χ2n) is 4.73. The molecule has 0 amide bonds. The van der Waals surface area contributed by atoms with Gasteiger partial charge in [-0.3, -0.25) is 4.98 Å². The maximum absolute atomic E-state index is 11.3.